The molecule has 1 aromatic rings. The number of thiocarbonyl (C=S) groups is 1. The minimum Gasteiger partial charge on any atom is -0.375 e. The van der Waals surface area contributed by atoms with E-state index in [0.717, 1.165) is 0 Å². The summed E-state index contributed by atoms with van der Waals surface area (Å²) in [6.45, 7) is 0. The molecule has 0 spiro atoms. The second kappa shape index (κ2) is 4.35. The van der Waals surface area contributed by atoms with E-state index in [1.807, 2.05) is 0 Å². The van der Waals surface area contributed by atoms with Crippen LogP contribution in [0.1, 0.15) is 5.69 Å². The Balaban J connectivity index is 2.52. The molecule has 1 rings (SSSR count). The van der Waals surface area contributed by atoms with Crippen molar-refractivity contribution < 1.29 is 0 Å². The van der Waals surface area contributed by atoms with Crippen LogP contribution in [0.15, 0.2) is 23.4 Å². The summed E-state index contributed by atoms with van der Waals surface area (Å²) in [7, 11) is 0. The van der Waals surface area contributed by atoms with Gasteiger partial charge in [0, 0.05) is 6.20 Å². The molecule has 1 heterocycles. The van der Waals surface area contributed by atoms with Crippen molar-refractivity contribution in [3.63, 3.8) is 0 Å². The molecule has 0 saturated carbocycles. The quantitative estimate of drug-likeness (QED) is 0.370. The largest absolute Gasteiger partial charge is 0.375 e. The van der Waals surface area contributed by atoms with Gasteiger partial charge >= 0.3 is 0 Å². The topological polar surface area (TPSA) is 76.2 Å². The Hall–Kier alpha value is -1.56. The molecule has 12 heavy (non-hydrogen) atoms. The third-order valence-electron chi connectivity index (χ3n) is 0.964. The van der Waals surface area contributed by atoms with Crippen molar-refractivity contribution in [3.05, 3.63) is 24.0 Å². The van der Waals surface area contributed by atoms with Gasteiger partial charge in [-0.15, -0.1) is 5.10 Å². The Morgan fingerprint density at radius 1 is 1.75 bits per heavy atom. The molecule has 0 atom stereocenters. The molecule has 1 aromatic heterocycles. The zero-order chi connectivity index (χ0) is 8.81. The second-order valence-corrected chi connectivity index (χ2v) is 2.32. The molecule has 0 aromatic carbocycles. The van der Waals surface area contributed by atoms with Crippen LogP contribution in [0.25, 0.3) is 0 Å². The standard InChI is InChI=1S/C6H7N5S/c7-6(12)11-9-4-5-2-1-3-8-10-5/h1-4H,(H3,7,11,12)/b9-4+. The predicted molar refractivity (Wildman–Crippen MR) is 49.5 cm³/mol. The van der Waals surface area contributed by atoms with E-state index in [0.29, 0.717) is 5.69 Å². The summed E-state index contributed by atoms with van der Waals surface area (Å²) < 4.78 is 0. The van der Waals surface area contributed by atoms with Gasteiger partial charge in [-0.3, -0.25) is 5.43 Å². The van der Waals surface area contributed by atoms with E-state index in [4.69, 9.17) is 5.73 Å². The summed E-state index contributed by atoms with van der Waals surface area (Å²) in [5.41, 5.74) is 8.17. The lowest BCUT2D eigenvalue weighted by atomic mass is 10.4. The Bertz CT molecular complexity index is 283. The SMILES string of the molecule is NC(=S)N/N=C/c1cccnn1. The van der Waals surface area contributed by atoms with Crippen LogP contribution < -0.4 is 11.2 Å². The lowest BCUT2D eigenvalue weighted by Crippen LogP contribution is -2.24. The van der Waals surface area contributed by atoms with Gasteiger partial charge in [0.25, 0.3) is 0 Å². The molecule has 0 saturated heterocycles. The predicted octanol–water partition coefficient (Wildman–Crippen LogP) is -0.356. The van der Waals surface area contributed by atoms with Crippen LogP contribution >= 0.6 is 12.2 Å². The van der Waals surface area contributed by atoms with Crippen molar-refractivity contribution in [1.82, 2.24) is 15.6 Å². The van der Waals surface area contributed by atoms with Gasteiger partial charge in [0.05, 0.1) is 6.21 Å². The molecule has 0 aliphatic rings. The van der Waals surface area contributed by atoms with E-state index in [2.05, 4.69) is 32.9 Å². The van der Waals surface area contributed by atoms with Crippen LogP contribution in [0, 0.1) is 0 Å². The fraction of sp³-hybridized carbons (Fsp3) is 0. The van der Waals surface area contributed by atoms with Crippen LogP contribution in [0.3, 0.4) is 0 Å². The van der Waals surface area contributed by atoms with E-state index in [9.17, 15) is 0 Å². The van der Waals surface area contributed by atoms with Gasteiger partial charge in [-0.05, 0) is 24.4 Å². The number of nitrogens with two attached hydrogens (primary N) is 1. The van der Waals surface area contributed by atoms with Gasteiger partial charge < -0.3 is 5.73 Å². The Labute approximate surface area is 74.7 Å². The first-order valence-electron chi connectivity index (χ1n) is 3.15. The molecule has 0 aliphatic heterocycles. The van der Waals surface area contributed by atoms with Crippen molar-refractivity contribution in [2.45, 2.75) is 0 Å². The maximum Gasteiger partial charge on any atom is 0.184 e. The van der Waals surface area contributed by atoms with Crippen molar-refractivity contribution >= 4 is 23.5 Å². The van der Waals surface area contributed by atoms with E-state index in [1.165, 1.54) is 6.21 Å². The second-order valence-electron chi connectivity index (χ2n) is 1.88. The van der Waals surface area contributed by atoms with Crippen molar-refractivity contribution in [2.75, 3.05) is 0 Å². The molecular formula is C6H7N5S. The van der Waals surface area contributed by atoms with Gasteiger partial charge in [-0.1, -0.05) is 0 Å². The van der Waals surface area contributed by atoms with Crippen LogP contribution in [-0.4, -0.2) is 21.5 Å². The molecule has 6 heteroatoms. The van der Waals surface area contributed by atoms with Crippen LogP contribution in [0.2, 0.25) is 0 Å². The molecule has 0 bridgehead atoms. The summed E-state index contributed by atoms with van der Waals surface area (Å²) >= 11 is 4.53. The number of aromatic nitrogens is 2. The van der Waals surface area contributed by atoms with Crippen molar-refractivity contribution in [2.24, 2.45) is 10.8 Å². The zero-order valence-corrected chi connectivity index (χ0v) is 6.95. The van der Waals surface area contributed by atoms with Gasteiger partial charge in [-0.25, -0.2) is 0 Å². The number of nitrogens with one attached hydrogen (secondary N) is 1. The lowest BCUT2D eigenvalue weighted by molar-refractivity contribution is 1.00. The monoisotopic (exact) mass is 181 g/mol. The van der Waals surface area contributed by atoms with E-state index >= 15 is 0 Å². The fourth-order valence-electron chi connectivity index (χ4n) is 0.544. The summed E-state index contributed by atoms with van der Waals surface area (Å²) in [6.07, 6.45) is 3.06. The Kier molecular flexibility index (Phi) is 3.09. The van der Waals surface area contributed by atoms with Gasteiger partial charge in [0.2, 0.25) is 0 Å². The van der Waals surface area contributed by atoms with Gasteiger partial charge in [0.15, 0.2) is 5.11 Å². The minimum atomic E-state index is 0.121. The smallest absolute Gasteiger partial charge is 0.184 e. The highest BCUT2D eigenvalue weighted by Gasteiger charge is 1.85. The first-order chi connectivity index (χ1) is 5.79. The number of rotatable bonds is 2. The van der Waals surface area contributed by atoms with E-state index < -0.39 is 0 Å². The van der Waals surface area contributed by atoms with Crippen molar-refractivity contribution in [1.29, 1.82) is 0 Å². The number of hydrazone groups is 1. The van der Waals surface area contributed by atoms with E-state index in [1.54, 1.807) is 18.3 Å². The average molecular weight is 181 g/mol. The van der Waals surface area contributed by atoms with E-state index in [-0.39, 0.29) is 5.11 Å². The molecule has 0 radical (unpaired) electrons. The van der Waals surface area contributed by atoms with Gasteiger partial charge in [0.1, 0.15) is 5.69 Å². The molecule has 5 nitrogen and oxygen atoms in total. The van der Waals surface area contributed by atoms with Crippen molar-refractivity contribution in [3.8, 4) is 0 Å². The molecule has 0 amide bonds. The number of nitrogens with zero attached hydrogens (tertiary/aromatic N) is 3. The third kappa shape index (κ3) is 3.02. The highest BCUT2D eigenvalue weighted by Crippen LogP contribution is 1.83. The Morgan fingerprint density at radius 3 is 3.17 bits per heavy atom. The first-order valence-corrected chi connectivity index (χ1v) is 3.56. The summed E-state index contributed by atoms with van der Waals surface area (Å²) in [5.74, 6) is 0. The third-order valence-corrected chi connectivity index (χ3v) is 1.06. The van der Waals surface area contributed by atoms with Gasteiger partial charge in [-0.2, -0.15) is 10.2 Å². The summed E-state index contributed by atoms with van der Waals surface area (Å²) in [5, 5.41) is 11.2. The van der Waals surface area contributed by atoms with Crippen LogP contribution in [-0.2, 0) is 0 Å². The molecule has 0 aliphatic carbocycles. The molecule has 3 N–H and O–H groups in total. The summed E-state index contributed by atoms with van der Waals surface area (Å²) in [4.78, 5) is 0. The maximum absolute atomic E-state index is 5.13. The minimum absolute atomic E-state index is 0.121. The zero-order valence-electron chi connectivity index (χ0n) is 6.14. The summed E-state index contributed by atoms with van der Waals surface area (Å²) in [6, 6.07) is 3.52. The molecule has 0 fully saturated rings. The normalized spacial score (nSPS) is 10.0. The number of hydrogen-bond acceptors (Lipinski definition) is 4. The fourth-order valence-corrected chi connectivity index (χ4v) is 0.597. The molecular weight excluding hydrogens is 174 g/mol. The average Bonchev–Trinajstić information content (AvgIpc) is 2.05. The lowest BCUT2D eigenvalue weighted by Gasteiger charge is -1.92. The molecule has 0 unspecified atom stereocenters. The van der Waals surface area contributed by atoms with Crippen LogP contribution in [0.4, 0.5) is 0 Å². The van der Waals surface area contributed by atoms with Crippen LogP contribution in [0.5, 0.6) is 0 Å². The highest BCUT2D eigenvalue weighted by atomic mass is 32.1. The maximum atomic E-state index is 5.13. The molecule has 62 valence electrons. The first kappa shape index (κ1) is 8.54. The number of hydrogen-bond donors (Lipinski definition) is 2. The Morgan fingerprint density at radius 2 is 2.58 bits per heavy atom. The highest BCUT2D eigenvalue weighted by molar-refractivity contribution is 7.80.